The predicted molar refractivity (Wildman–Crippen MR) is 82.7 cm³/mol. The zero-order valence-electron chi connectivity index (χ0n) is 12.7. The summed E-state index contributed by atoms with van der Waals surface area (Å²) in [7, 11) is 3.47. The Morgan fingerprint density at radius 1 is 1.14 bits per heavy atom. The number of aromatic amines is 1. The van der Waals surface area contributed by atoms with Gasteiger partial charge >= 0.3 is 6.03 Å². The van der Waals surface area contributed by atoms with Gasteiger partial charge in [0.2, 0.25) is 0 Å². The fourth-order valence-electron chi connectivity index (χ4n) is 2.63. The van der Waals surface area contributed by atoms with Gasteiger partial charge in [-0.2, -0.15) is 0 Å². The molecule has 1 aromatic heterocycles. The number of imidazole rings is 1. The molecule has 22 heavy (non-hydrogen) atoms. The van der Waals surface area contributed by atoms with Crippen LogP contribution in [0.3, 0.4) is 0 Å². The van der Waals surface area contributed by atoms with Crippen molar-refractivity contribution in [3.8, 4) is 0 Å². The summed E-state index contributed by atoms with van der Waals surface area (Å²) in [5.41, 5.74) is 2.34. The van der Waals surface area contributed by atoms with Gasteiger partial charge in [0.15, 0.2) is 0 Å². The Hall–Kier alpha value is -2.57. The van der Waals surface area contributed by atoms with E-state index in [-0.39, 0.29) is 11.9 Å². The fourth-order valence-corrected chi connectivity index (χ4v) is 2.63. The number of fused-ring (bicyclic) bond motifs is 1. The Balaban J connectivity index is 1.68. The van der Waals surface area contributed by atoms with Crippen LogP contribution in [0.1, 0.15) is 10.4 Å². The molecule has 7 heteroatoms. The number of hydrogen-bond donors (Lipinski definition) is 1. The van der Waals surface area contributed by atoms with E-state index in [4.69, 9.17) is 0 Å². The molecule has 3 amide bonds. The van der Waals surface area contributed by atoms with Crippen molar-refractivity contribution in [2.75, 3.05) is 40.3 Å². The van der Waals surface area contributed by atoms with Crippen molar-refractivity contribution in [1.29, 1.82) is 0 Å². The third kappa shape index (κ3) is 2.61. The van der Waals surface area contributed by atoms with Gasteiger partial charge in [-0.25, -0.2) is 9.78 Å². The molecule has 0 radical (unpaired) electrons. The predicted octanol–water partition coefficient (Wildman–Crippen LogP) is 1.00. The number of carbonyl (C=O) groups is 2. The average Bonchev–Trinajstić information content (AvgIpc) is 3.01. The number of benzene rings is 1. The van der Waals surface area contributed by atoms with Gasteiger partial charge in [0.05, 0.1) is 17.4 Å². The highest BCUT2D eigenvalue weighted by Crippen LogP contribution is 2.15. The monoisotopic (exact) mass is 301 g/mol. The van der Waals surface area contributed by atoms with Gasteiger partial charge in [-0.05, 0) is 18.2 Å². The largest absolute Gasteiger partial charge is 0.345 e. The first kappa shape index (κ1) is 14.4. The molecule has 0 unspecified atom stereocenters. The SMILES string of the molecule is CN(C)C(=O)N1CCN(C(=O)c2ccc3nc[nH]c3c2)CC1. The van der Waals surface area contributed by atoms with Crippen LogP contribution in [0.5, 0.6) is 0 Å². The summed E-state index contributed by atoms with van der Waals surface area (Å²) in [6.45, 7) is 2.24. The van der Waals surface area contributed by atoms with Crippen molar-refractivity contribution in [2.45, 2.75) is 0 Å². The van der Waals surface area contributed by atoms with E-state index in [0.717, 1.165) is 11.0 Å². The minimum atomic E-state index is -0.00835. The maximum absolute atomic E-state index is 12.6. The fraction of sp³-hybridized carbons (Fsp3) is 0.400. The molecule has 1 fully saturated rings. The van der Waals surface area contributed by atoms with Crippen molar-refractivity contribution in [1.82, 2.24) is 24.7 Å². The second-order valence-electron chi connectivity index (χ2n) is 5.59. The molecule has 0 bridgehead atoms. The summed E-state index contributed by atoms with van der Waals surface area (Å²) >= 11 is 0. The number of rotatable bonds is 1. The Morgan fingerprint density at radius 3 is 2.50 bits per heavy atom. The molecule has 1 aliphatic heterocycles. The van der Waals surface area contributed by atoms with Gasteiger partial charge < -0.3 is 19.7 Å². The van der Waals surface area contributed by atoms with Crippen LogP contribution < -0.4 is 0 Å². The van der Waals surface area contributed by atoms with Crippen molar-refractivity contribution in [3.63, 3.8) is 0 Å². The van der Waals surface area contributed by atoms with Crippen LogP contribution >= 0.6 is 0 Å². The lowest BCUT2D eigenvalue weighted by Gasteiger charge is -2.36. The van der Waals surface area contributed by atoms with Gasteiger partial charge in [0.25, 0.3) is 5.91 Å². The average molecular weight is 301 g/mol. The minimum absolute atomic E-state index is 0.00606. The number of nitrogens with one attached hydrogen (secondary N) is 1. The molecular formula is C15H19N5O2. The number of amides is 3. The number of nitrogens with zero attached hydrogens (tertiary/aromatic N) is 4. The number of aromatic nitrogens is 2. The zero-order valence-corrected chi connectivity index (χ0v) is 12.7. The summed E-state index contributed by atoms with van der Waals surface area (Å²) in [4.78, 5) is 36.7. The van der Waals surface area contributed by atoms with E-state index in [9.17, 15) is 9.59 Å². The molecule has 2 heterocycles. The van der Waals surface area contributed by atoms with Gasteiger partial charge in [0, 0.05) is 45.8 Å². The number of urea groups is 1. The van der Waals surface area contributed by atoms with E-state index in [0.29, 0.717) is 31.7 Å². The number of piperazine rings is 1. The molecule has 0 spiro atoms. The quantitative estimate of drug-likeness (QED) is 0.854. The van der Waals surface area contributed by atoms with E-state index >= 15 is 0 Å². The minimum Gasteiger partial charge on any atom is -0.345 e. The maximum atomic E-state index is 12.6. The number of carbonyl (C=O) groups excluding carboxylic acids is 2. The second-order valence-corrected chi connectivity index (χ2v) is 5.59. The van der Waals surface area contributed by atoms with E-state index in [2.05, 4.69) is 9.97 Å². The molecule has 2 aromatic rings. The zero-order chi connectivity index (χ0) is 15.7. The molecule has 3 rings (SSSR count). The third-order valence-electron chi connectivity index (χ3n) is 3.89. The highest BCUT2D eigenvalue weighted by atomic mass is 16.2. The smallest absolute Gasteiger partial charge is 0.319 e. The Labute approximate surface area is 128 Å². The maximum Gasteiger partial charge on any atom is 0.319 e. The molecule has 116 valence electrons. The van der Waals surface area contributed by atoms with Crippen LogP contribution in [-0.2, 0) is 0 Å². The van der Waals surface area contributed by atoms with Crippen LogP contribution in [0.2, 0.25) is 0 Å². The Bertz CT molecular complexity index is 701. The van der Waals surface area contributed by atoms with Crippen LogP contribution in [0.25, 0.3) is 11.0 Å². The first-order valence-corrected chi connectivity index (χ1v) is 7.25. The topological polar surface area (TPSA) is 72.5 Å². The van der Waals surface area contributed by atoms with E-state index in [1.165, 1.54) is 0 Å². The van der Waals surface area contributed by atoms with E-state index in [1.807, 2.05) is 12.1 Å². The molecule has 7 nitrogen and oxygen atoms in total. The number of H-pyrrole nitrogens is 1. The van der Waals surface area contributed by atoms with Crippen LogP contribution in [0.15, 0.2) is 24.5 Å². The number of hydrogen-bond acceptors (Lipinski definition) is 3. The second kappa shape index (κ2) is 5.67. The molecule has 1 aliphatic rings. The Kier molecular flexibility index (Phi) is 3.70. The molecule has 0 saturated carbocycles. The standard InChI is InChI=1S/C15H19N5O2/c1-18(2)15(22)20-7-5-19(6-8-20)14(21)11-3-4-12-13(9-11)17-10-16-12/h3-4,9-10H,5-8H2,1-2H3,(H,16,17). The normalized spacial score (nSPS) is 15.2. The van der Waals surface area contributed by atoms with E-state index < -0.39 is 0 Å². The lowest BCUT2D eigenvalue weighted by Crippen LogP contribution is -2.52. The van der Waals surface area contributed by atoms with Gasteiger partial charge in [-0.15, -0.1) is 0 Å². The van der Waals surface area contributed by atoms with Crippen molar-refractivity contribution in [2.24, 2.45) is 0 Å². The lowest BCUT2D eigenvalue weighted by atomic mass is 10.1. The first-order valence-electron chi connectivity index (χ1n) is 7.25. The summed E-state index contributed by atoms with van der Waals surface area (Å²) in [6, 6.07) is 5.45. The highest BCUT2D eigenvalue weighted by molar-refractivity contribution is 5.97. The molecule has 1 N–H and O–H groups in total. The third-order valence-corrected chi connectivity index (χ3v) is 3.89. The highest BCUT2D eigenvalue weighted by Gasteiger charge is 2.25. The summed E-state index contributed by atoms with van der Waals surface area (Å²) in [6.07, 6.45) is 1.62. The Morgan fingerprint density at radius 2 is 1.82 bits per heavy atom. The van der Waals surface area contributed by atoms with Crippen molar-refractivity contribution < 1.29 is 9.59 Å². The van der Waals surface area contributed by atoms with E-state index in [1.54, 1.807) is 41.2 Å². The van der Waals surface area contributed by atoms with Crippen LogP contribution in [-0.4, -0.2) is 76.9 Å². The van der Waals surface area contributed by atoms with Gasteiger partial charge in [0.1, 0.15) is 0 Å². The molecule has 1 saturated heterocycles. The molecule has 1 aromatic carbocycles. The van der Waals surface area contributed by atoms with Gasteiger partial charge in [-0.1, -0.05) is 0 Å². The summed E-state index contributed by atoms with van der Waals surface area (Å²) in [5.74, 6) is -0.00606. The molecule has 0 atom stereocenters. The molecule has 0 aliphatic carbocycles. The van der Waals surface area contributed by atoms with Crippen molar-refractivity contribution in [3.05, 3.63) is 30.1 Å². The van der Waals surface area contributed by atoms with Crippen molar-refractivity contribution >= 4 is 23.0 Å². The van der Waals surface area contributed by atoms with Gasteiger partial charge in [-0.3, -0.25) is 4.79 Å². The molecular weight excluding hydrogens is 282 g/mol. The summed E-state index contributed by atoms with van der Waals surface area (Å²) in [5, 5.41) is 0. The summed E-state index contributed by atoms with van der Waals surface area (Å²) < 4.78 is 0. The van der Waals surface area contributed by atoms with Crippen LogP contribution in [0.4, 0.5) is 4.79 Å². The first-order chi connectivity index (χ1) is 10.6. The lowest BCUT2D eigenvalue weighted by molar-refractivity contribution is 0.0650. The van der Waals surface area contributed by atoms with Crippen LogP contribution in [0, 0.1) is 0 Å².